The zero-order chi connectivity index (χ0) is 15.1. The summed E-state index contributed by atoms with van der Waals surface area (Å²) in [5, 5.41) is 11.0. The van der Waals surface area contributed by atoms with Crippen molar-refractivity contribution in [2.45, 2.75) is 58.0 Å². The van der Waals surface area contributed by atoms with E-state index >= 15 is 0 Å². The largest absolute Gasteiger partial charge is 0.389 e. The summed E-state index contributed by atoms with van der Waals surface area (Å²) in [7, 11) is -3.23. The second-order valence-electron chi connectivity index (χ2n) is 5.54. The van der Waals surface area contributed by atoms with E-state index < -0.39 is 13.2 Å². The first-order chi connectivity index (χ1) is 9.49. The van der Waals surface area contributed by atoms with Gasteiger partial charge in [-0.1, -0.05) is 25.3 Å². The first-order valence-corrected chi connectivity index (χ1v) is 9.44. The molecule has 20 heavy (non-hydrogen) atoms. The Hall–Kier alpha value is -0.150. The molecule has 1 unspecified atom stereocenters. The summed E-state index contributed by atoms with van der Waals surface area (Å²) < 4.78 is 23.4. The fraction of sp³-hybridized carbons (Fsp3) is 0.867. The third kappa shape index (κ3) is 5.00. The smallest absolute Gasteiger partial charge is 0.333 e. The molecule has 0 saturated heterocycles. The van der Waals surface area contributed by atoms with Crippen molar-refractivity contribution < 1.29 is 18.7 Å². The minimum absolute atomic E-state index is 0.0678. The van der Waals surface area contributed by atoms with Crippen LogP contribution in [-0.4, -0.2) is 30.1 Å². The van der Waals surface area contributed by atoms with Gasteiger partial charge in [0, 0.05) is 0 Å². The Morgan fingerprint density at radius 1 is 1.25 bits per heavy atom. The lowest BCUT2D eigenvalue weighted by atomic mass is 9.76. The Balaban J connectivity index is 2.86. The lowest BCUT2D eigenvalue weighted by molar-refractivity contribution is -0.0157. The molecule has 0 heterocycles. The summed E-state index contributed by atoms with van der Waals surface area (Å²) in [4.78, 5) is 0. The van der Waals surface area contributed by atoms with Crippen molar-refractivity contribution >= 4 is 7.60 Å². The molecule has 0 amide bonds. The molecule has 1 atom stereocenters. The van der Waals surface area contributed by atoms with E-state index in [1.165, 1.54) is 6.42 Å². The zero-order valence-electron chi connectivity index (χ0n) is 12.8. The van der Waals surface area contributed by atoms with Crippen LogP contribution in [0.4, 0.5) is 0 Å². The first kappa shape index (κ1) is 17.9. The maximum atomic E-state index is 12.7. The Morgan fingerprint density at radius 2 is 1.80 bits per heavy atom. The minimum atomic E-state index is -3.23. The van der Waals surface area contributed by atoms with E-state index in [2.05, 4.69) is 6.58 Å². The number of hydrogen-bond donors (Lipinski definition) is 1. The maximum absolute atomic E-state index is 12.7. The third-order valence-corrected chi connectivity index (χ3v) is 6.22. The van der Waals surface area contributed by atoms with E-state index in [9.17, 15) is 9.67 Å². The second kappa shape index (κ2) is 8.33. The SMILES string of the molecule is C=CCC(O)(CP(=O)(OCC)OCC)C1CCCCC1. The van der Waals surface area contributed by atoms with Crippen LogP contribution in [0.3, 0.4) is 0 Å². The number of aliphatic hydroxyl groups is 1. The van der Waals surface area contributed by atoms with Crippen LogP contribution >= 0.6 is 7.60 Å². The van der Waals surface area contributed by atoms with Gasteiger partial charge in [0.2, 0.25) is 0 Å². The van der Waals surface area contributed by atoms with Gasteiger partial charge in [-0.2, -0.15) is 0 Å². The Kier molecular flexibility index (Phi) is 7.46. The summed E-state index contributed by atoms with van der Waals surface area (Å²) in [6, 6.07) is 0. The van der Waals surface area contributed by atoms with Crippen molar-refractivity contribution in [3.8, 4) is 0 Å². The standard InChI is InChI=1S/C15H29O4P/c1-4-12-15(16,14-10-8-7-9-11-14)13-20(17,18-5-2)19-6-3/h4,14,16H,1,5-13H2,2-3H3. The zero-order valence-corrected chi connectivity index (χ0v) is 13.7. The van der Waals surface area contributed by atoms with E-state index in [1.54, 1.807) is 19.9 Å². The lowest BCUT2D eigenvalue weighted by Crippen LogP contribution is -2.42. The predicted octanol–water partition coefficient (Wildman–Crippen LogP) is 4.14. The van der Waals surface area contributed by atoms with Crippen molar-refractivity contribution in [3.05, 3.63) is 12.7 Å². The molecule has 0 bridgehead atoms. The average Bonchev–Trinajstić information content (AvgIpc) is 2.40. The Bertz CT molecular complexity index is 329. The molecule has 5 heteroatoms. The van der Waals surface area contributed by atoms with Gasteiger partial charge in [0.15, 0.2) is 0 Å². The highest BCUT2D eigenvalue weighted by Crippen LogP contribution is 2.53. The van der Waals surface area contributed by atoms with E-state index in [-0.39, 0.29) is 12.1 Å². The van der Waals surface area contributed by atoms with Crippen LogP contribution in [0.25, 0.3) is 0 Å². The molecule has 1 fully saturated rings. The lowest BCUT2D eigenvalue weighted by Gasteiger charge is -2.39. The van der Waals surface area contributed by atoms with Crippen LogP contribution in [0.2, 0.25) is 0 Å². The van der Waals surface area contributed by atoms with Gasteiger partial charge in [-0.05, 0) is 39.0 Å². The molecule has 0 aromatic rings. The maximum Gasteiger partial charge on any atom is 0.333 e. The van der Waals surface area contributed by atoms with Crippen LogP contribution in [0.1, 0.15) is 52.4 Å². The third-order valence-electron chi connectivity index (χ3n) is 3.98. The van der Waals surface area contributed by atoms with Gasteiger partial charge in [-0.25, -0.2) is 0 Å². The summed E-state index contributed by atoms with van der Waals surface area (Å²) in [5.74, 6) is 0.156. The van der Waals surface area contributed by atoms with Gasteiger partial charge in [-0.15, -0.1) is 6.58 Å². The van der Waals surface area contributed by atoms with Crippen LogP contribution in [0.15, 0.2) is 12.7 Å². The highest BCUT2D eigenvalue weighted by Gasteiger charge is 2.43. The molecule has 0 spiro atoms. The van der Waals surface area contributed by atoms with Crippen LogP contribution in [0, 0.1) is 5.92 Å². The van der Waals surface area contributed by atoms with E-state index in [0.717, 1.165) is 25.7 Å². The molecule has 4 nitrogen and oxygen atoms in total. The predicted molar refractivity (Wildman–Crippen MR) is 82.1 cm³/mol. The van der Waals surface area contributed by atoms with Crippen molar-refractivity contribution in [2.24, 2.45) is 5.92 Å². The summed E-state index contributed by atoms with van der Waals surface area (Å²) in [6.07, 6.45) is 7.62. The molecule has 1 rings (SSSR count). The van der Waals surface area contributed by atoms with E-state index in [4.69, 9.17) is 9.05 Å². The molecule has 1 N–H and O–H groups in total. The quantitative estimate of drug-likeness (QED) is 0.514. The van der Waals surface area contributed by atoms with Crippen LogP contribution in [0.5, 0.6) is 0 Å². The Labute approximate surface area is 123 Å². The minimum Gasteiger partial charge on any atom is -0.389 e. The Morgan fingerprint density at radius 3 is 2.25 bits per heavy atom. The van der Waals surface area contributed by atoms with Gasteiger partial charge >= 0.3 is 7.60 Å². The molecule has 0 aliphatic heterocycles. The van der Waals surface area contributed by atoms with Crippen molar-refractivity contribution in [1.29, 1.82) is 0 Å². The molecular formula is C15H29O4P. The van der Waals surface area contributed by atoms with E-state index in [0.29, 0.717) is 19.6 Å². The van der Waals surface area contributed by atoms with Crippen molar-refractivity contribution in [2.75, 3.05) is 19.4 Å². The topological polar surface area (TPSA) is 55.8 Å². The molecule has 118 valence electrons. The fourth-order valence-electron chi connectivity index (χ4n) is 3.11. The highest BCUT2D eigenvalue weighted by atomic mass is 31.2. The molecular weight excluding hydrogens is 275 g/mol. The van der Waals surface area contributed by atoms with Crippen molar-refractivity contribution in [3.63, 3.8) is 0 Å². The summed E-state index contributed by atoms with van der Waals surface area (Å²) in [5.41, 5.74) is -1.03. The van der Waals surface area contributed by atoms with E-state index in [1.807, 2.05) is 0 Å². The molecule has 1 aliphatic rings. The van der Waals surface area contributed by atoms with Gasteiger partial charge in [0.1, 0.15) is 0 Å². The monoisotopic (exact) mass is 304 g/mol. The van der Waals surface area contributed by atoms with Crippen LogP contribution < -0.4 is 0 Å². The van der Waals surface area contributed by atoms with Crippen molar-refractivity contribution in [1.82, 2.24) is 0 Å². The molecule has 0 radical (unpaired) electrons. The van der Waals surface area contributed by atoms with Gasteiger partial charge in [-0.3, -0.25) is 4.57 Å². The molecule has 1 aliphatic carbocycles. The van der Waals surface area contributed by atoms with Gasteiger partial charge < -0.3 is 14.2 Å². The molecule has 0 aromatic carbocycles. The van der Waals surface area contributed by atoms with Gasteiger partial charge in [0.25, 0.3) is 0 Å². The number of rotatable bonds is 9. The van der Waals surface area contributed by atoms with Crippen LogP contribution in [-0.2, 0) is 13.6 Å². The molecule has 0 aromatic heterocycles. The summed E-state index contributed by atoms with van der Waals surface area (Å²) in [6.45, 7) is 7.96. The fourth-order valence-corrected chi connectivity index (χ4v) is 5.21. The number of hydrogen-bond acceptors (Lipinski definition) is 4. The first-order valence-electron chi connectivity index (χ1n) is 7.71. The summed E-state index contributed by atoms with van der Waals surface area (Å²) >= 11 is 0. The highest BCUT2D eigenvalue weighted by molar-refractivity contribution is 7.53. The van der Waals surface area contributed by atoms with Gasteiger partial charge in [0.05, 0.1) is 25.0 Å². The second-order valence-corrected chi connectivity index (χ2v) is 7.59. The average molecular weight is 304 g/mol. The normalized spacial score (nSPS) is 20.6. The molecule has 1 saturated carbocycles.